The Hall–Kier alpha value is -1.02. The Morgan fingerprint density at radius 1 is 1.43 bits per heavy atom. The summed E-state index contributed by atoms with van der Waals surface area (Å²) in [5.41, 5.74) is 6.10. The normalized spacial score (nSPS) is 22.4. The minimum Gasteiger partial charge on any atom is -0.308 e. The minimum atomic E-state index is 0.601. The minimum absolute atomic E-state index is 0.601. The highest BCUT2D eigenvalue weighted by molar-refractivity contribution is 5.47. The molecule has 1 aliphatic heterocycles. The molecule has 1 N–H and O–H groups in total. The van der Waals surface area contributed by atoms with Gasteiger partial charge in [0, 0.05) is 12.6 Å². The van der Waals surface area contributed by atoms with Crippen LogP contribution >= 0.6 is 0 Å². The molecule has 1 heterocycles. The number of nitrogens with zero attached hydrogens (tertiary/aromatic N) is 1. The van der Waals surface area contributed by atoms with Crippen LogP contribution in [0.5, 0.6) is 0 Å². The van der Waals surface area contributed by atoms with Gasteiger partial charge in [0.05, 0.1) is 5.69 Å². The van der Waals surface area contributed by atoms with Crippen molar-refractivity contribution in [3.05, 3.63) is 29.8 Å². The summed E-state index contributed by atoms with van der Waals surface area (Å²) < 4.78 is 0. The van der Waals surface area contributed by atoms with Crippen LogP contribution in [0.15, 0.2) is 24.3 Å². The molecule has 1 aromatic carbocycles. The summed E-state index contributed by atoms with van der Waals surface area (Å²) in [6.07, 6.45) is 2.56. The highest BCUT2D eigenvalue weighted by Crippen LogP contribution is 2.18. The van der Waals surface area contributed by atoms with Crippen molar-refractivity contribution in [1.82, 2.24) is 5.43 Å². The standard InChI is InChI=1S/C12H18N2/c1-10-5-3-7-12(9-10)14-8-4-6-11(2)13-14/h3,5,7,9,11,13H,4,6,8H2,1-2H3. The molecule has 1 atom stereocenters. The molecule has 2 nitrogen and oxygen atoms in total. The number of hydrogen-bond donors (Lipinski definition) is 1. The molecule has 0 aliphatic carbocycles. The lowest BCUT2D eigenvalue weighted by molar-refractivity contribution is 0.418. The molecule has 0 aromatic heterocycles. The van der Waals surface area contributed by atoms with Crippen molar-refractivity contribution in [3.8, 4) is 0 Å². The Morgan fingerprint density at radius 2 is 2.29 bits per heavy atom. The quantitative estimate of drug-likeness (QED) is 0.732. The monoisotopic (exact) mass is 190 g/mol. The van der Waals surface area contributed by atoms with Crippen LogP contribution in [0.4, 0.5) is 5.69 Å². The Morgan fingerprint density at radius 3 is 3.00 bits per heavy atom. The number of hydrazine groups is 1. The molecule has 0 radical (unpaired) electrons. The van der Waals surface area contributed by atoms with E-state index in [1.807, 2.05) is 0 Å². The molecule has 1 saturated heterocycles. The molecular formula is C12H18N2. The highest BCUT2D eigenvalue weighted by Gasteiger charge is 2.15. The molecule has 0 bridgehead atoms. The van der Waals surface area contributed by atoms with Crippen molar-refractivity contribution < 1.29 is 0 Å². The Kier molecular flexibility index (Phi) is 2.73. The van der Waals surface area contributed by atoms with Gasteiger partial charge in [-0.3, -0.25) is 0 Å². The zero-order valence-electron chi connectivity index (χ0n) is 8.96. The maximum atomic E-state index is 3.49. The summed E-state index contributed by atoms with van der Waals surface area (Å²) in [5, 5.41) is 2.27. The number of aryl methyl sites for hydroxylation is 1. The lowest BCUT2D eigenvalue weighted by Gasteiger charge is -2.34. The predicted molar refractivity (Wildman–Crippen MR) is 60.4 cm³/mol. The highest BCUT2D eigenvalue weighted by atomic mass is 15.5. The van der Waals surface area contributed by atoms with Gasteiger partial charge in [0.25, 0.3) is 0 Å². The second kappa shape index (κ2) is 4.01. The maximum Gasteiger partial charge on any atom is 0.0522 e. The van der Waals surface area contributed by atoms with Crippen molar-refractivity contribution in [3.63, 3.8) is 0 Å². The first-order chi connectivity index (χ1) is 6.75. The first kappa shape index (κ1) is 9.53. The van der Waals surface area contributed by atoms with Gasteiger partial charge in [-0.2, -0.15) is 0 Å². The molecule has 1 aromatic rings. The van der Waals surface area contributed by atoms with Crippen LogP contribution in [0.3, 0.4) is 0 Å². The van der Waals surface area contributed by atoms with Crippen LogP contribution in [0.1, 0.15) is 25.3 Å². The van der Waals surface area contributed by atoms with Crippen LogP contribution < -0.4 is 10.4 Å². The van der Waals surface area contributed by atoms with Crippen LogP contribution in [-0.4, -0.2) is 12.6 Å². The van der Waals surface area contributed by atoms with Gasteiger partial charge in [0.2, 0.25) is 0 Å². The number of nitrogens with one attached hydrogen (secondary N) is 1. The van der Waals surface area contributed by atoms with Gasteiger partial charge in [0.15, 0.2) is 0 Å². The van der Waals surface area contributed by atoms with E-state index in [0.29, 0.717) is 6.04 Å². The summed E-state index contributed by atoms with van der Waals surface area (Å²) in [4.78, 5) is 0. The van der Waals surface area contributed by atoms with E-state index in [1.165, 1.54) is 24.1 Å². The Balaban J connectivity index is 2.14. The van der Waals surface area contributed by atoms with E-state index < -0.39 is 0 Å². The average Bonchev–Trinajstić information content (AvgIpc) is 2.18. The third-order valence-electron chi connectivity index (χ3n) is 2.71. The number of rotatable bonds is 1. The molecule has 2 heteroatoms. The first-order valence-corrected chi connectivity index (χ1v) is 5.36. The van der Waals surface area contributed by atoms with E-state index in [0.717, 1.165) is 6.54 Å². The molecule has 14 heavy (non-hydrogen) atoms. The third-order valence-corrected chi connectivity index (χ3v) is 2.71. The molecule has 2 rings (SSSR count). The average molecular weight is 190 g/mol. The molecule has 1 unspecified atom stereocenters. The lowest BCUT2D eigenvalue weighted by Crippen LogP contribution is -2.48. The second-order valence-corrected chi connectivity index (χ2v) is 4.16. The van der Waals surface area contributed by atoms with Gasteiger partial charge in [-0.25, -0.2) is 5.43 Å². The molecular weight excluding hydrogens is 172 g/mol. The zero-order chi connectivity index (χ0) is 9.97. The molecule has 0 saturated carbocycles. The maximum absolute atomic E-state index is 3.49. The van der Waals surface area contributed by atoms with Crippen LogP contribution in [0, 0.1) is 6.92 Å². The van der Waals surface area contributed by atoms with Crippen LogP contribution in [0.2, 0.25) is 0 Å². The van der Waals surface area contributed by atoms with Gasteiger partial charge < -0.3 is 5.01 Å². The molecule has 76 valence electrons. The molecule has 0 spiro atoms. The summed E-state index contributed by atoms with van der Waals surface area (Å²) in [5.74, 6) is 0. The van der Waals surface area contributed by atoms with Crippen molar-refractivity contribution in [2.75, 3.05) is 11.6 Å². The predicted octanol–water partition coefficient (Wildman–Crippen LogP) is 2.49. The fourth-order valence-corrected chi connectivity index (χ4v) is 1.95. The zero-order valence-corrected chi connectivity index (χ0v) is 8.96. The van der Waals surface area contributed by atoms with Crippen molar-refractivity contribution in [2.45, 2.75) is 32.7 Å². The third kappa shape index (κ3) is 2.07. The van der Waals surface area contributed by atoms with Gasteiger partial charge in [-0.1, -0.05) is 12.1 Å². The van der Waals surface area contributed by atoms with Gasteiger partial charge >= 0.3 is 0 Å². The Bertz CT molecular complexity index is 309. The molecule has 1 aliphatic rings. The van der Waals surface area contributed by atoms with Crippen molar-refractivity contribution >= 4 is 5.69 Å². The van der Waals surface area contributed by atoms with Crippen molar-refractivity contribution in [1.29, 1.82) is 0 Å². The number of hydrogen-bond acceptors (Lipinski definition) is 2. The summed E-state index contributed by atoms with van der Waals surface area (Å²) in [6.45, 7) is 5.49. The smallest absolute Gasteiger partial charge is 0.0522 e. The van der Waals surface area contributed by atoms with Crippen LogP contribution in [-0.2, 0) is 0 Å². The second-order valence-electron chi connectivity index (χ2n) is 4.16. The topological polar surface area (TPSA) is 15.3 Å². The van der Waals surface area contributed by atoms with E-state index in [1.54, 1.807) is 0 Å². The lowest BCUT2D eigenvalue weighted by atomic mass is 10.1. The number of anilines is 1. The number of benzene rings is 1. The fourth-order valence-electron chi connectivity index (χ4n) is 1.95. The van der Waals surface area contributed by atoms with Crippen LogP contribution in [0.25, 0.3) is 0 Å². The summed E-state index contributed by atoms with van der Waals surface area (Å²) in [6, 6.07) is 9.25. The first-order valence-electron chi connectivity index (χ1n) is 5.36. The van der Waals surface area contributed by atoms with E-state index in [4.69, 9.17) is 0 Å². The summed E-state index contributed by atoms with van der Waals surface area (Å²) in [7, 11) is 0. The van der Waals surface area contributed by atoms with E-state index in [9.17, 15) is 0 Å². The van der Waals surface area contributed by atoms with Crippen molar-refractivity contribution in [2.24, 2.45) is 0 Å². The SMILES string of the molecule is Cc1cccc(N2CCCC(C)N2)c1. The largest absolute Gasteiger partial charge is 0.308 e. The molecule has 0 amide bonds. The Labute approximate surface area is 85.9 Å². The summed E-state index contributed by atoms with van der Waals surface area (Å²) >= 11 is 0. The van der Waals surface area contributed by atoms with E-state index in [2.05, 4.69) is 48.5 Å². The fraction of sp³-hybridized carbons (Fsp3) is 0.500. The van der Waals surface area contributed by atoms with Gasteiger partial charge in [0.1, 0.15) is 0 Å². The van der Waals surface area contributed by atoms with Gasteiger partial charge in [-0.05, 0) is 44.4 Å². The van der Waals surface area contributed by atoms with E-state index in [-0.39, 0.29) is 0 Å². The van der Waals surface area contributed by atoms with E-state index >= 15 is 0 Å². The molecule has 1 fully saturated rings. The van der Waals surface area contributed by atoms with Gasteiger partial charge in [-0.15, -0.1) is 0 Å².